The Morgan fingerprint density at radius 2 is 1.42 bits per heavy atom. The third kappa shape index (κ3) is 1.48. The molecule has 0 heterocycles. The molecule has 12 heavy (non-hydrogen) atoms. The van der Waals surface area contributed by atoms with E-state index in [0.29, 0.717) is 6.61 Å². The smallest absolute Gasteiger partial charge is 0.0487 e. The summed E-state index contributed by atoms with van der Waals surface area (Å²) in [6.07, 6.45) is 6.86. The average molecular weight is 192 g/mol. The van der Waals surface area contributed by atoms with Gasteiger partial charge in [-0.15, -0.1) is 12.4 Å². The largest absolute Gasteiger partial charge is 0.396 e. The highest BCUT2D eigenvalue weighted by atomic mass is 35.5. The maximum Gasteiger partial charge on any atom is 0.0487 e. The fourth-order valence-corrected chi connectivity index (χ4v) is 2.53. The van der Waals surface area contributed by atoms with E-state index in [9.17, 15) is 5.11 Å². The molecule has 3 saturated carbocycles. The summed E-state index contributed by atoms with van der Waals surface area (Å²) in [5, 5.41) is 9.21. The van der Waals surface area contributed by atoms with E-state index in [0.717, 1.165) is 38.5 Å². The van der Waals surface area contributed by atoms with Crippen molar-refractivity contribution in [2.24, 2.45) is 11.1 Å². The lowest BCUT2D eigenvalue weighted by molar-refractivity contribution is -0.00305. The maximum atomic E-state index is 9.21. The van der Waals surface area contributed by atoms with Crippen molar-refractivity contribution in [2.75, 3.05) is 6.61 Å². The van der Waals surface area contributed by atoms with Gasteiger partial charge in [-0.05, 0) is 43.9 Å². The normalized spacial score (nSPS) is 45.5. The van der Waals surface area contributed by atoms with Crippen LogP contribution in [0.4, 0.5) is 0 Å². The zero-order chi connectivity index (χ0) is 7.95. The topological polar surface area (TPSA) is 46.2 Å². The molecule has 3 aliphatic carbocycles. The molecule has 3 heteroatoms. The minimum atomic E-state index is 0. The molecule has 0 aromatic carbocycles. The van der Waals surface area contributed by atoms with E-state index in [4.69, 9.17) is 5.73 Å². The van der Waals surface area contributed by atoms with Gasteiger partial charge in [0.2, 0.25) is 0 Å². The summed E-state index contributed by atoms with van der Waals surface area (Å²) in [6, 6.07) is 0. The van der Waals surface area contributed by atoms with Crippen molar-refractivity contribution in [2.45, 2.75) is 44.1 Å². The molecular weight excluding hydrogens is 174 g/mol. The Kier molecular flexibility index (Phi) is 2.72. The highest BCUT2D eigenvalue weighted by Gasteiger charge is 2.45. The quantitative estimate of drug-likeness (QED) is 0.659. The van der Waals surface area contributed by atoms with Crippen molar-refractivity contribution >= 4 is 12.4 Å². The molecule has 0 aromatic heterocycles. The van der Waals surface area contributed by atoms with Crippen LogP contribution in [0.2, 0.25) is 0 Å². The van der Waals surface area contributed by atoms with Crippen molar-refractivity contribution in [3.8, 4) is 0 Å². The molecule has 3 N–H and O–H groups in total. The molecule has 0 amide bonds. The minimum absolute atomic E-state index is 0. The predicted molar refractivity (Wildman–Crippen MR) is 51.4 cm³/mol. The van der Waals surface area contributed by atoms with Gasteiger partial charge in [0.15, 0.2) is 0 Å². The Hall–Kier alpha value is 0.210. The number of hydrogen-bond acceptors (Lipinski definition) is 2. The lowest BCUT2D eigenvalue weighted by atomic mass is 9.58. The van der Waals surface area contributed by atoms with Gasteiger partial charge in [-0.1, -0.05) is 0 Å². The molecule has 0 spiro atoms. The van der Waals surface area contributed by atoms with Crippen LogP contribution in [0.25, 0.3) is 0 Å². The third-order valence-electron chi connectivity index (χ3n) is 3.80. The molecule has 2 bridgehead atoms. The van der Waals surface area contributed by atoms with Crippen LogP contribution in [-0.4, -0.2) is 17.3 Å². The van der Waals surface area contributed by atoms with Crippen LogP contribution in [0.3, 0.4) is 0 Å². The van der Waals surface area contributed by atoms with Crippen LogP contribution in [0, 0.1) is 5.41 Å². The van der Waals surface area contributed by atoms with Crippen molar-refractivity contribution in [1.29, 1.82) is 0 Å². The monoisotopic (exact) mass is 191 g/mol. The minimum Gasteiger partial charge on any atom is -0.396 e. The van der Waals surface area contributed by atoms with Crippen LogP contribution in [-0.2, 0) is 0 Å². The van der Waals surface area contributed by atoms with Crippen molar-refractivity contribution in [3.05, 3.63) is 0 Å². The molecule has 3 fully saturated rings. The number of aliphatic hydroxyl groups excluding tert-OH is 1. The predicted octanol–water partition coefficient (Wildman–Crippen LogP) is 1.45. The second-order valence-corrected chi connectivity index (χ2v) is 4.52. The van der Waals surface area contributed by atoms with E-state index >= 15 is 0 Å². The molecule has 0 aliphatic heterocycles. The van der Waals surface area contributed by atoms with E-state index in [1.54, 1.807) is 0 Å². The summed E-state index contributed by atoms with van der Waals surface area (Å²) < 4.78 is 0. The first-order chi connectivity index (χ1) is 5.18. The number of hydrogen-bond donors (Lipinski definition) is 2. The fourth-order valence-electron chi connectivity index (χ4n) is 2.53. The Bertz CT molecular complexity index is 147. The molecule has 0 atom stereocenters. The fraction of sp³-hybridized carbons (Fsp3) is 1.00. The van der Waals surface area contributed by atoms with Gasteiger partial charge < -0.3 is 10.8 Å². The van der Waals surface area contributed by atoms with Gasteiger partial charge in [-0.3, -0.25) is 0 Å². The summed E-state index contributed by atoms with van der Waals surface area (Å²) in [6.45, 7) is 0.378. The first kappa shape index (κ1) is 10.3. The summed E-state index contributed by atoms with van der Waals surface area (Å²) in [7, 11) is 0. The lowest BCUT2D eigenvalue weighted by Gasteiger charge is -2.51. The van der Waals surface area contributed by atoms with Crippen LogP contribution in [0.15, 0.2) is 0 Å². The standard InChI is InChI=1S/C9H17NO.ClH/c10-9-4-1-8(7-11,2-5-9)3-6-9;/h11H,1-7,10H2;1H. The van der Waals surface area contributed by atoms with Crippen LogP contribution in [0.5, 0.6) is 0 Å². The lowest BCUT2D eigenvalue weighted by Crippen LogP contribution is -2.52. The highest BCUT2D eigenvalue weighted by molar-refractivity contribution is 5.85. The highest BCUT2D eigenvalue weighted by Crippen LogP contribution is 2.50. The Morgan fingerprint density at radius 3 is 1.75 bits per heavy atom. The second-order valence-electron chi connectivity index (χ2n) is 4.52. The van der Waals surface area contributed by atoms with Gasteiger partial charge in [0.1, 0.15) is 0 Å². The van der Waals surface area contributed by atoms with Gasteiger partial charge in [0.05, 0.1) is 0 Å². The zero-order valence-corrected chi connectivity index (χ0v) is 8.20. The molecule has 0 radical (unpaired) electrons. The SMILES string of the molecule is Cl.NC12CCC(CO)(CC1)CC2. The van der Waals surface area contributed by atoms with Crippen molar-refractivity contribution in [3.63, 3.8) is 0 Å². The van der Waals surface area contributed by atoms with E-state index in [1.165, 1.54) is 0 Å². The van der Waals surface area contributed by atoms with E-state index in [-0.39, 0.29) is 23.4 Å². The number of rotatable bonds is 1. The molecule has 0 unspecified atom stereocenters. The van der Waals surface area contributed by atoms with E-state index in [2.05, 4.69) is 0 Å². The number of nitrogens with two attached hydrogens (primary N) is 1. The third-order valence-corrected chi connectivity index (χ3v) is 3.80. The van der Waals surface area contributed by atoms with E-state index < -0.39 is 0 Å². The zero-order valence-electron chi connectivity index (χ0n) is 7.38. The van der Waals surface area contributed by atoms with Crippen molar-refractivity contribution in [1.82, 2.24) is 0 Å². The van der Waals surface area contributed by atoms with Gasteiger partial charge in [-0.25, -0.2) is 0 Å². The summed E-state index contributed by atoms with van der Waals surface area (Å²) in [4.78, 5) is 0. The maximum absolute atomic E-state index is 9.21. The Morgan fingerprint density at radius 1 is 1.00 bits per heavy atom. The van der Waals surface area contributed by atoms with Crippen LogP contribution >= 0.6 is 12.4 Å². The van der Waals surface area contributed by atoms with Gasteiger partial charge >= 0.3 is 0 Å². The molecule has 3 rings (SSSR count). The molecule has 3 aliphatic rings. The molecule has 0 aromatic rings. The Labute approximate surface area is 79.9 Å². The molecule has 72 valence electrons. The summed E-state index contributed by atoms with van der Waals surface area (Å²) in [5.74, 6) is 0. The summed E-state index contributed by atoms with van der Waals surface area (Å²) in [5.41, 5.74) is 6.56. The average Bonchev–Trinajstić information content (AvgIpc) is 2.07. The van der Waals surface area contributed by atoms with Gasteiger partial charge in [-0.2, -0.15) is 0 Å². The summed E-state index contributed by atoms with van der Waals surface area (Å²) >= 11 is 0. The first-order valence-electron chi connectivity index (χ1n) is 4.58. The number of aliphatic hydroxyl groups is 1. The molecule has 2 nitrogen and oxygen atoms in total. The van der Waals surface area contributed by atoms with Gasteiger partial charge in [0, 0.05) is 12.1 Å². The number of halogens is 1. The van der Waals surface area contributed by atoms with Gasteiger partial charge in [0.25, 0.3) is 0 Å². The number of fused-ring (bicyclic) bond motifs is 3. The van der Waals surface area contributed by atoms with E-state index in [1.807, 2.05) is 0 Å². The Balaban J connectivity index is 0.000000720. The molecular formula is C9H18ClNO. The van der Waals surface area contributed by atoms with Crippen LogP contribution < -0.4 is 5.73 Å². The first-order valence-corrected chi connectivity index (χ1v) is 4.58. The van der Waals surface area contributed by atoms with Crippen molar-refractivity contribution < 1.29 is 5.11 Å². The van der Waals surface area contributed by atoms with Crippen LogP contribution in [0.1, 0.15) is 38.5 Å². The second kappa shape index (κ2) is 3.17. The molecule has 0 saturated heterocycles.